The van der Waals surface area contributed by atoms with Gasteiger partial charge < -0.3 is 11.1 Å². The molecule has 1 aromatic rings. The lowest BCUT2D eigenvalue weighted by Gasteiger charge is -2.20. The molecule has 1 fully saturated rings. The lowest BCUT2D eigenvalue weighted by molar-refractivity contribution is 0.637. The summed E-state index contributed by atoms with van der Waals surface area (Å²) in [5.74, 6) is 0. The van der Waals surface area contributed by atoms with Gasteiger partial charge in [0.15, 0.2) is 0 Å². The molecule has 2 rings (SSSR count). The monoisotopic (exact) mass is 204 g/mol. The second-order valence-corrected chi connectivity index (χ2v) is 4.59. The number of anilines is 1. The first-order valence-electron chi connectivity index (χ1n) is 5.77. The van der Waals surface area contributed by atoms with Crippen LogP contribution in [0.15, 0.2) is 18.2 Å². The molecule has 0 saturated heterocycles. The number of aryl methyl sites for hydroxylation is 1. The minimum Gasteiger partial charge on any atom is -0.381 e. The van der Waals surface area contributed by atoms with Crippen molar-refractivity contribution in [2.24, 2.45) is 5.73 Å². The average Bonchev–Trinajstić information content (AvgIpc) is 2.60. The third kappa shape index (κ3) is 2.15. The van der Waals surface area contributed by atoms with Crippen LogP contribution in [0.25, 0.3) is 0 Å². The summed E-state index contributed by atoms with van der Waals surface area (Å²) in [5, 5.41) is 3.57. The number of nitrogens with two attached hydrogens (primary N) is 1. The van der Waals surface area contributed by atoms with Gasteiger partial charge in [0, 0.05) is 17.8 Å². The second kappa shape index (κ2) is 4.23. The summed E-state index contributed by atoms with van der Waals surface area (Å²) in [7, 11) is 0. The lowest BCUT2D eigenvalue weighted by Crippen LogP contribution is -2.35. The molecule has 2 nitrogen and oxygen atoms in total. The molecule has 3 N–H and O–H groups in total. The molecule has 0 spiro atoms. The van der Waals surface area contributed by atoms with Crippen LogP contribution in [0.1, 0.15) is 30.4 Å². The zero-order valence-electron chi connectivity index (χ0n) is 9.59. The maximum atomic E-state index is 6.05. The lowest BCUT2D eigenvalue weighted by atomic mass is 10.1. The Hall–Kier alpha value is -1.02. The molecule has 0 heterocycles. The zero-order chi connectivity index (χ0) is 10.8. The van der Waals surface area contributed by atoms with Crippen molar-refractivity contribution in [2.75, 3.05) is 5.32 Å². The van der Waals surface area contributed by atoms with Gasteiger partial charge in [0.05, 0.1) is 0 Å². The molecule has 0 radical (unpaired) electrons. The summed E-state index contributed by atoms with van der Waals surface area (Å²) in [4.78, 5) is 0. The normalized spacial score (nSPS) is 25.5. The Balaban J connectivity index is 2.13. The summed E-state index contributed by atoms with van der Waals surface area (Å²) in [6, 6.07) is 7.18. The van der Waals surface area contributed by atoms with Gasteiger partial charge in [-0.3, -0.25) is 0 Å². The standard InChI is InChI=1S/C13H20N2/c1-9-5-3-7-12(10(9)2)15-13-8-4-6-11(13)14/h3,5,7,11,13,15H,4,6,8,14H2,1-2H3/t11-,13+/m0/s1. The molecule has 0 amide bonds. The summed E-state index contributed by atoms with van der Waals surface area (Å²) in [6.07, 6.45) is 3.61. The highest BCUT2D eigenvalue weighted by molar-refractivity contribution is 5.54. The van der Waals surface area contributed by atoms with E-state index in [-0.39, 0.29) is 0 Å². The number of nitrogens with one attached hydrogen (secondary N) is 1. The number of hydrogen-bond donors (Lipinski definition) is 2. The number of hydrogen-bond acceptors (Lipinski definition) is 2. The number of benzene rings is 1. The van der Waals surface area contributed by atoms with E-state index in [9.17, 15) is 0 Å². The first-order chi connectivity index (χ1) is 7.18. The maximum absolute atomic E-state index is 6.05. The summed E-state index contributed by atoms with van der Waals surface area (Å²) < 4.78 is 0. The van der Waals surface area contributed by atoms with Crippen LogP contribution in [-0.4, -0.2) is 12.1 Å². The second-order valence-electron chi connectivity index (χ2n) is 4.59. The molecule has 82 valence electrons. The third-order valence-corrected chi connectivity index (χ3v) is 3.51. The Morgan fingerprint density at radius 1 is 1.27 bits per heavy atom. The van der Waals surface area contributed by atoms with E-state index in [1.165, 1.54) is 29.7 Å². The predicted molar refractivity (Wildman–Crippen MR) is 65.2 cm³/mol. The van der Waals surface area contributed by atoms with E-state index in [0.29, 0.717) is 12.1 Å². The van der Waals surface area contributed by atoms with E-state index in [4.69, 9.17) is 5.73 Å². The molecule has 1 aromatic carbocycles. The first kappa shape index (κ1) is 10.5. The molecule has 1 aliphatic rings. The summed E-state index contributed by atoms with van der Waals surface area (Å²) >= 11 is 0. The quantitative estimate of drug-likeness (QED) is 0.777. The first-order valence-corrected chi connectivity index (χ1v) is 5.77. The van der Waals surface area contributed by atoms with Crippen molar-refractivity contribution in [1.29, 1.82) is 0 Å². The van der Waals surface area contributed by atoms with E-state index in [2.05, 4.69) is 37.4 Å². The van der Waals surface area contributed by atoms with Gasteiger partial charge in [-0.05, 0) is 50.3 Å². The van der Waals surface area contributed by atoms with Crippen molar-refractivity contribution < 1.29 is 0 Å². The molecule has 0 bridgehead atoms. The Bertz CT molecular complexity index is 346. The molecule has 1 saturated carbocycles. The Kier molecular flexibility index (Phi) is 2.96. The highest BCUT2D eigenvalue weighted by atomic mass is 15.0. The highest BCUT2D eigenvalue weighted by Crippen LogP contribution is 2.24. The fourth-order valence-electron chi connectivity index (χ4n) is 2.28. The summed E-state index contributed by atoms with van der Waals surface area (Å²) in [5.41, 5.74) is 9.98. The minimum absolute atomic E-state index is 0.324. The smallest absolute Gasteiger partial charge is 0.0412 e. The van der Waals surface area contributed by atoms with Crippen molar-refractivity contribution in [3.05, 3.63) is 29.3 Å². The molecule has 15 heavy (non-hydrogen) atoms. The predicted octanol–water partition coefficient (Wildman–Crippen LogP) is 2.60. The van der Waals surface area contributed by atoms with E-state index in [0.717, 1.165) is 6.42 Å². The molecule has 0 aromatic heterocycles. The van der Waals surface area contributed by atoms with E-state index in [1.54, 1.807) is 0 Å². The molecular formula is C13H20N2. The largest absolute Gasteiger partial charge is 0.381 e. The minimum atomic E-state index is 0.324. The fraction of sp³-hybridized carbons (Fsp3) is 0.538. The van der Waals surface area contributed by atoms with Crippen LogP contribution in [0.4, 0.5) is 5.69 Å². The molecule has 2 heteroatoms. The maximum Gasteiger partial charge on any atom is 0.0412 e. The van der Waals surface area contributed by atoms with Gasteiger partial charge in [-0.25, -0.2) is 0 Å². The van der Waals surface area contributed by atoms with Gasteiger partial charge >= 0.3 is 0 Å². The average molecular weight is 204 g/mol. The van der Waals surface area contributed by atoms with Crippen molar-refractivity contribution in [3.8, 4) is 0 Å². The van der Waals surface area contributed by atoms with Gasteiger partial charge in [0.1, 0.15) is 0 Å². The van der Waals surface area contributed by atoms with Crippen molar-refractivity contribution in [3.63, 3.8) is 0 Å². The van der Waals surface area contributed by atoms with Crippen LogP contribution < -0.4 is 11.1 Å². The molecule has 0 aliphatic heterocycles. The van der Waals surface area contributed by atoms with Gasteiger partial charge in [-0.2, -0.15) is 0 Å². The SMILES string of the molecule is Cc1cccc(N[C@@H]2CCC[C@@H]2N)c1C. The van der Waals surface area contributed by atoms with Crippen LogP contribution in [0.2, 0.25) is 0 Å². The number of rotatable bonds is 2. The van der Waals surface area contributed by atoms with Crippen LogP contribution >= 0.6 is 0 Å². The van der Waals surface area contributed by atoms with Crippen molar-refractivity contribution in [1.82, 2.24) is 0 Å². The zero-order valence-corrected chi connectivity index (χ0v) is 9.59. The molecular weight excluding hydrogens is 184 g/mol. The third-order valence-electron chi connectivity index (χ3n) is 3.51. The van der Waals surface area contributed by atoms with Gasteiger partial charge in [-0.15, -0.1) is 0 Å². The van der Waals surface area contributed by atoms with E-state index < -0.39 is 0 Å². The van der Waals surface area contributed by atoms with Gasteiger partial charge in [0.2, 0.25) is 0 Å². The highest BCUT2D eigenvalue weighted by Gasteiger charge is 2.23. The van der Waals surface area contributed by atoms with Crippen molar-refractivity contribution >= 4 is 5.69 Å². The van der Waals surface area contributed by atoms with Crippen LogP contribution in [-0.2, 0) is 0 Å². The van der Waals surface area contributed by atoms with Gasteiger partial charge in [-0.1, -0.05) is 12.1 Å². The van der Waals surface area contributed by atoms with Gasteiger partial charge in [0.25, 0.3) is 0 Å². The van der Waals surface area contributed by atoms with E-state index in [1.807, 2.05) is 0 Å². The van der Waals surface area contributed by atoms with E-state index >= 15 is 0 Å². The fourth-order valence-corrected chi connectivity index (χ4v) is 2.28. The molecule has 1 aliphatic carbocycles. The Morgan fingerprint density at radius 2 is 2.07 bits per heavy atom. The molecule has 0 unspecified atom stereocenters. The van der Waals surface area contributed by atoms with Crippen molar-refractivity contribution in [2.45, 2.75) is 45.2 Å². The Morgan fingerprint density at radius 3 is 2.73 bits per heavy atom. The molecule has 2 atom stereocenters. The topological polar surface area (TPSA) is 38.0 Å². The van der Waals surface area contributed by atoms with Crippen LogP contribution in [0.5, 0.6) is 0 Å². The Labute approximate surface area is 91.9 Å². The summed E-state index contributed by atoms with van der Waals surface area (Å²) in [6.45, 7) is 4.31. The van der Waals surface area contributed by atoms with Crippen LogP contribution in [0.3, 0.4) is 0 Å². The van der Waals surface area contributed by atoms with Crippen LogP contribution in [0, 0.1) is 13.8 Å².